The number of halogens is 2. The zero-order valence-corrected chi connectivity index (χ0v) is 11.6. The van der Waals surface area contributed by atoms with Crippen LogP contribution in [0, 0.1) is 0 Å². The molecule has 0 aliphatic carbocycles. The van der Waals surface area contributed by atoms with Gasteiger partial charge in [-0.05, 0) is 25.1 Å². The second kappa shape index (κ2) is 5.67. The fraction of sp³-hybridized carbons (Fsp3) is 0.417. The van der Waals surface area contributed by atoms with E-state index in [0.717, 1.165) is 18.8 Å². The van der Waals surface area contributed by atoms with Crippen molar-refractivity contribution in [2.75, 3.05) is 24.6 Å². The molecule has 1 heterocycles. The molecule has 0 bridgehead atoms. The van der Waals surface area contributed by atoms with Gasteiger partial charge in [0.1, 0.15) is 12.6 Å². The van der Waals surface area contributed by atoms with E-state index in [9.17, 15) is 0 Å². The predicted molar refractivity (Wildman–Crippen MR) is 75.7 cm³/mol. The molecule has 1 aromatic carbocycles. The summed E-state index contributed by atoms with van der Waals surface area (Å²) >= 11 is 12.0. The molecule has 2 N–H and O–H groups in total. The van der Waals surface area contributed by atoms with Crippen molar-refractivity contribution in [1.29, 1.82) is 0 Å². The summed E-state index contributed by atoms with van der Waals surface area (Å²) in [6.07, 6.45) is 0. The van der Waals surface area contributed by atoms with Crippen LogP contribution in [0.2, 0.25) is 10.0 Å². The van der Waals surface area contributed by atoms with Gasteiger partial charge in [-0.1, -0.05) is 23.2 Å². The van der Waals surface area contributed by atoms with E-state index in [2.05, 4.69) is 16.8 Å². The third-order valence-corrected chi connectivity index (χ3v) is 3.20. The van der Waals surface area contributed by atoms with Gasteiger partial charge < -0.3 is 15.4 Å². The summed E-state index contributed by atoms with van der Waals surface area (Å²) in [6.45, 7) is 4.16. The van der Waals surface area contributed by atoms with E-state index in [4.69, 9.17) is 33.7 Å². The van der Waals surface area contributed by atoms with Gasteiger partial charge in [-0.3, -0.25) is 0 Å². The van der Waals surface area contributed by atoms with Gasteiger partial charge in [0, 0.05) is 28.8 Å². The Morgan fingerprint density at radius 1 is 1.39 bits per heavy atom. The molecule has 0 fully saturated rings. The molecule has 18 heavy (non-hydrogen) atoms. The summed E-state index contributed by atoms with van der Waals surface area (Å²) < 4.78 is 5.14. The van der Waals surface area contributed by atoms with Crippen LogP contribution in [0.5, 0.6) is 0 Å². The number of likely N-dealkylation sites (N-methyl/N-ethyl adjacent to an activating group) is 1. The molecule has 2 rings (SSSR count). The Labute approximate surface area is 116 Å². The molecule has 1 aliphatic heterocycles. The third kappa shape index (κ3) is 3.21. The molecule has 98 valence electrons. The molecule has 0 saturated carbocycles. The number of hydrogen-bond acceptors (Lipinski definition) is 4. The van der Waals surface area contributed by atoms with Crippen molar-refractivity contribution >= 4 is 34.9 Å². The van der Waals surface area contributed by atoms with Crippen LogP contribution in [0.3, 0.4) is 0 Å². The Bertz CT molecular complexity index is 444. The van der Waals surface area contributed by atoms with E-state index in [1.165, 1.54) is 0 Å². The Hall–Kier alpha value is -1.13. The zero-order chi connectivity index (χ0) is 13.1. The van der Waals surface area contributed by atoms with E-state index in [-0.39, 0.29) is 12.1 Å². The molecule has 1 atom stereocenters. The highest BCUT2D eigenvalue weighted by atomic mass is 35.5. The van der Waals surface area contributed by atoms with E-state index < -0.39 is 0 Å². The van der Waals surface area contributed by atoms with Crippen molar-refractivity contribution in [3.05, 3.63) is 28.2 Å². The lowest BCUT2D eigenvalue weighted by Gasteiger charge is -2.25. The molecule has 0 spiro atoms. The van der Waals surface area contributed by atoms with Crippen molar-refractivity contribution in [2.45, 2.75) is 13.0 Å². The highest BCUT2D eigenvalue weighted by Gasteiger charge is 2.20. The Kier molecular flexibility index (Phi) is 4.19. The van der Waals surface area contributed by atoms with Gasteiger partial charge in [-0.2, -0.15) is 0 Å². The van der Waals surface area contributed by atoms with Crippen molar-refractivity contribution in [1.82, 2.24) is 0 Å². The summed E-state index contributed by atoms with van der Waals surface area (Å²) in [6, 6.07) is 5.82. The lowest BCUT2D eigenvalue weighted by Crippen LogP contribution is -2.32. The monoisotopic (exact) mass is 287 g/mol. The molecule has 0 amide bonds. The van der Waals surface area contributed by atoms with Crippen LogP contribution in [0.15, 0.2) is 23.2 Å². The predicted octanol–water partition coefficient (Wildman–Crippen LogP) is 2.53. The Morgan fingerprint density at radius 3 is 2.56 bits per heavy atom. The zero-order valence-electron chi connectivity index (χ0n) is 10.1. The number of nitrogens with zero attached hydrogens (tertiary/aromatic N) is 2. The number of nitrogens with two attached hydrogens (primary N) is 1. The maximum Gasteiger partial charge on any atom is 0.282 e. The first-order valence-corrected chi connectivity index (χ1v) is 6.51. The first kappa shape index (κ1) is 13.3. The van der Waals surface area contributed by atoms with Gasteiger partial charge in [0.05, 0.1) is 0 Å². The smallest absolute Gasteiger partial charge is 0.282 e. The Morgan fingerprint density at radius 2 is 2.06 bits per heavy atom. The van der Waals surface area contributed by atoms with Gasteiger partial charge in [-0.25, -0.2) is 4.99 Å². The first-order chi connectivity index (χ1) is 8.58. The number of hydrogen-bond donors (Lipinski definition) is 1. The molecule has 1 aliphatic rings. The van der Waals surface area contributed by atoms with Gasteiger partial charge in [0.2, 0.25) is 0 Å². The molecule has 1 aromatic rings. The topological polar surface area (TPSA) is 50.9 Å². The fourth-order valence-corrected chi connectivity index (χ4v) is 2.44. The van der Waals surface area contributed by atoms with Crippen LogP contribution in [-0.4, -0.2) is 31.8 Å². The number of aliphatic imine (C=N–C) groups is 1. The average Bonchev–Trinajstić information content (AvgIpc) is 2.70. The largest absolute Gasteiger partial charge is 0.463 e. The van der Waals surface area contributed by atoms with Crippen LogP contribution in [0.4, 0.5) is 5.69 Å². The summed E-state index contributed by atoms with van der Waals surface area (Å²) in [4.78, 5) is 6.36. The lowest BCUT2D eigenvalue weighted by atomic mass is 10.2. The maximum atomic E-state index is 6.01. The number of rotatable bonds is 4. The Balaban J connectivity index is 2.12. The molecule has 0 radical (unpaired) electrons. The third-order valence-electron chi connectivity index (χ3n) is 2.76. The van der Waals surface area contributed by atoms with E-state index >= 15 is 0 Å². The fourth-order valence-electron chi connectivity index (χ4n) is 1.92. The minimum absolute atomic E-state index is 0.0581. The minimum Gasteiger partial charge on any atom is -0.463 e. The first-order valence-electron chi connectivity index (χ1n) is 5.75. The number of amidine groups is 1. The maximum absolute atomic E-state index is 6.01. The molecular formula is C12H15Cl2N3O. The normalized spacial score (nSPS) is 18.4. The summed E-state index contributed by atoms with van der Waals surface area (Å²) in [5, 5.41) is 1.25. The molecule has 4 nitrogen and oxygen atoms in total. The van der Waals surface area contributed by atoms with Crippen molar-refractivity contribution in [3.8, 4) is 0 Å². The molecular weight excluding hydrogens is 273 g/mol. The van der Waals surface area contributed by atoms with Crippen molar-refractivity contribution in [2.24, 2.45) is 10.7 Å². The minimum atomic E-state index is 0.0581. The number of ether oxygens (including phenoxy) is 1. The van der Waals surface area contributed by atoms with E-state index in [1.807, 2.05) is 12.1 Å². The highest BCUT2D eigenvalue weighted by Crippen LogP contribution is 2.26. The van der Waals surface area contributed by atoms with Crippen LogP contribution in [0.1, 0.15) is 6.92 Å². The van der Waals surface area contributed by atoms with Crippen molar-refractivity contribution in [3.63, 3.8) is 0 Å². The van der Waals surface area contributed by atoms with Crippen molar-refractivity contribution < 1.29 is 4.74 Å². The van der Waals surface area contributed by atoms with Gasteiger partial charge >= 0.3 is 0 Å². The van der Waals surface area contributed by atoms with Crippen LogP contribution >= 0.6 is 23.2 Å². The second-order valence-corrected chi connectivity index (χ2v) is 4.97. The second-order valence-electron chi connectivity index (χ2n) is 4.10. The SMILES string of the molecule is CCN(C[C@H]1COC(N)=N1)c1cc(Cl)cc(Cl)c1. The average molecular weight is 288 g/mol. The molecule has 0 aromatic heterocycles. The lowest BCUT2D eigenvalue weighted by molar-refractivity contribution is 0.313. The van der Waals surface area contributed by atoms with Crippen LogP contribution < -0.4 is 10.6 Å². The van der Waals surface area contributed by atoms with Gasteiger partial charge in [-0.15, -0.1) is 0 Å². The van der Waals surface area contributed by atoms with Gasteiger partial charge in [0.25, 0.3) is 6.02 Å². The quantitative estimate of drug-likeness (QED) is 0.926. The molecule has 6 heteroatoms. The highest BCUT2D eigenvalue weighted by molar-refractivity contribution is 6.35. The molecule has 0 unspecified atom stereocenters. The standard InChI is InChI=1S/C12H15Cl2N3O/c1-2-17(6-10-7-18-12(15)16-10)11-4-8(13)3-9(14)5-11/h3-5,10H,2,6-7H2,1H3,(H2,15,16)/t10-/m0/s1. The van der Waals surface area contributed by atoms with E-state index in [1.54, 1.807) is 6.07 Å². The number of anilines is 1. The summed E-state index contributed by atoms with van der Waals surface area (Å²) in [5.41, 5.74) is 6.48. The van der Waals surface area contributed by atoms with E-state index in [0.29, 0.717) is 16.7 Å². The van der Waals surface area contributed by atoms with Crippen LogP contribution in [0.25, 0.3) is 0 Å². The van der Waals surface area contributed by atoms with Crippen LogP contribution in [-0.2, 0) is 4.74 Å². The van der Waals surface area contributed by atoms with Gasteiger partial charge in [0.15, 0.2) is 0 Å². The summed E-state index contributed by atoms with van der Waals surface area (Å²) in [5.74, 6) is 0. The molecule has 0 saturated heterocycles. The summed E-state index contributed by atoms with van der Waals surface area (Å²) in [7, 11) is 0. The number of benzene rings is 1.